The minimum absolute atomic E-state index is 0.0268. The number of carbonyl (C=O) groups is 2. The van der Waals surface area contributed by atoms with E-state index in [9.17, 15) is 9.59 Å². The van der Waals surface area contributed by atoms with E-state index in [1.807, 2.05) is 44.3 Å². The third-order valence-corrected chi connectivity index (χ3v) is 8.97. The molecule has 1 unspecified atom stereocenters. The number of nitrogens with zero attached hydrogens (tertiary/aromatic N) is 3. The van der Waals surface area contributed by atoms with Crippen LogP contribution in [0.15, 0.2) is 48.5 Å². The summed E-state index contributed by atoms with van der Waals surface area (Å²) in [6.07, 6.45) is -0.251. The van der Waals surface area contributed by atoms with Crippen LogP contribution in [-0.2, 0) is 31.3 Å². The lowest BCUT2D eigenvalue weighted by atomic mass is 9.88. The van der Waals surface area contributed by atoms with Crippen molar-refractivity contribution in [3.05, 3.63) is 59.7 Å². The first-order valence-electron chi connectivity index (χ1n) is 12.5. The van der Waals surface area contributed by atoms with Crippen LogP contribution in [0.25, 0.3) is 43.6 Å². The highest BCUT2D eigenvalue weighted by molar-refractivity contribution is 6.31. The van der Waals surface area contributed by atoms with E-state index in [1.165, 1.54) is 7.11 Å². The van der Waals surface area contributed by atoms with Gasteiger partial charge in [-0.3, -0.25) is 4.79 Å². The van der Waals surface area contributed by atoms with E-state index in [4.69, 9.17) is 14.2 Å². The second-order valence-electron chi connectivity index (χ2n) is 10.5. The molecular formula is C29H25N3O5. The Morgan fingerprint density at radius 2 is 1.68 bits per heavy atom. The average molecular weight is 496 g/mol. The predicted molar refractivity (Wildman–Crippen MR) is 138 cm³/mol. The molecule has 8 heteroatoms. The monoisotopic (exact) mass is 495 g/mol. The Kier molecular flexibility index (Phi) is 3.74. The molecule has 0 N–H and O–H groups in total. The molecule has 3 atom stereocenters. The number of hydrogen-bond donors (Lipinski definition) is 0. The maximum atomic E-state index is 13.7. The van der Waals surface area contributed by atoms with Crippen molar-refractivity contribution in [3.63, 3.8) is 0 Å². The van der Waals surface area contributed by atoms with Gasteiger partial charge in [0.1, 0.15) is 6.23 Å². The van der Waals surface area contributed by atoms with E-state index in [0.717, 1.165) is 54.7 Å². The molecule has 186 valence electrons. The van der Waals surface area contributed by atoms with Gasteiger partial charge in [0, 0.05) is 48.7 Å². The summed E-state index contributed by atoms with van der Waals surface area (Å²) in [4.78, 5) is 29.0. The fraction of sp³-hybridized carbons (Fsp3) is 0.310. The number of carbonyl (C=O) groups excluding carboxylic acids is 2. The number of amides is 1. The largest absolute Gasteiger partial charge is 0.467 e. The van der Waals surface area contributed by atoms with Crippen molar-refractivity contribution < 1.29 is 23.8 Å². The van der Waals surface area contributed by atoms with Crippen LogP contribution < -0.4 is 0 Å². The molecule has 8 nitrogen and oxygen atoms in total. The number of benzene rings is 3. The van der Waals surface area contributed by atoms with Gasteiger partial charge in [0.05, 0.1) is 34.7 Å². The normalized spacial score (nSPS) is 26.2. The van der Waals surface area contributed by atoms with Gasteiger partial charge in [0.15, 0.2) is 5.72 Å². The van der Waals surface area contributed by atoms with Crippen LogP contribution in [0.4, 0.5) is 0 Å². The molecule has 3 aromatic carbocycles. The minimum atomic E-state index is -1.39. The summed E-state index contributed by atoms with van der Waals surface area (Å²) in [6.45, 7) is 2.44. The van der Waals surface area contributed by atoms with Crippen molar-refractivity contribution in [1.29, 1.82) is 0 Å². The number of hydrogen-bond acceptors (Lipinski definition) is 5. The van der Waals surface area contributed by atoms with E-state index < -0.39 is 23.5 Å². The van der Waals surface area contributed by atoms with Crippen LogP contribution in [0.1, 0.15) is 35.5 Å². The molecule has 3 aliphatic heterocycles. The van der Waals surface area contributed by atoms with Crippen LogP contribution in [0, 0.1) is 0 Å². The lowest BCUT2D eigenvalue weighted by molar-refractivity contribution is -0.210. The Bertz CT molecular complexity index is 1880. The maximum absolute atomic E-state index is 13.7. The van der Waals surface area contributed by atoms with Gasteiger partial charge in [-0.15, -0.1) is 0 Å². The summed E-state index contributed by atoms with van der Waals surface area (Å²) in [7, 11) is 4.79. The number of para-hydroxylation sites is 2. The highest BCUT2D eigenvalue weighted by atomic mass is 16.6. The first kappa shape index (κ1) is 21.2. The highest BCUT2D eigenvalue weighted by Crippen LogP contribution is 2.59. The van der Waals surface area contributed by atoms with Gasteiger partial charge in [0.2, 0.25) is 5.60 Å². The maximum Gasteiger partial charge on any atom is 0.343 e. The quantitative estimate of drug-likeness (QED) is 0.333. The topological polar surface area (TPSA) is 74.9 Å². The van der Waals surface area contributed by atoms with Crippen molar-refractivity contribution in [2.45, 2.75) is 37.4 Å². The molecule has 3 aliphatic rings. The lowest BCUT2D eigenvalue weighted by Gasteiger charge is -2.40. The Morgan fingerprint density at radius 3 is 2.38 bits per heavy atom. The van der Waals surface area contributed by atoms with E-state index in [1.54, 1.807) is 12.0 Å². The lowest BCUT2D eigenvalue weighted by Crippen LogP contribution is -2.57. The Morgan fingerprint density at radius 1 is 1.00 bits per heavy atom. The third-order valence-electron chi connectivity index (χ3n) is 8.97. The molecule has 5 heterocycles. The molecule has 1 fully saturated rings. The standard InChI is InChI=1S/C29H25N3O5/c1-28-29(36-4,27(34)35-3)13-20(37-28)31-18-11-7-5-9-15(18)22-23-17(14-30(2)26(23)33)21-16-10-6-8-12-19(16)32(28)25(21)24(22)31/h5-12,20H,13-14H2,1-4H3/t20?,28-,29-/m0/s1. The van der Waals surface area contributed by atoms with E-state index in [0.29, 0.717) is 6.54 Å². The van der Waals surface area contributed by atoms with Gasteiger partial charge in [-0.25, -0.2) is 4.79 Å². The van der Waals surface area contributed by atoms with Gasteiger partial charge < -0.3 is 28.2 Å². The molecule has 1 saturated heterocycles. The summed E-state index contributed by atoms with van der Waals surface area (Å²) in [5, 5.41) is 3.97. The Balaban J connectivity index is 1.72. The molecule has 0 radical (unpaired) electrons. The number of fused-ring (bicyclic) bond motifs is 13. The summed E-state index contributed by atoms with van der Waals surface area (Å²) < 4.78 is 22.7. The molecule has 0 aliphatic carbocycles. The first-order chi connectivity index (χ1) is 17.9. The molecular weight excluding hydrogens is 470 g/mol. The second kappa shape index (κ2) is 6.51. The molecule has 2 aromatic heterocycles. The van der Waals surface area contributed by atoms with Gasteiger partial charge in [-0.1, -0.05) is 36.4 Å². The van der Waals surface area contributed by atoms with Crippen molar-refractivity contribution >= 4 is 55.5 Å². The van der Waals surface area contributed by atoms with E-state index in [-0.39, 0.29) is 12.3 Å². The Hall–Kier alpha value is -3.88. The zero-order valence-corrected chi connectivity index (χ0v) is 21.0. The first-order valence-corrected chi connectivity index (χ1v) is 12.5. The Labute approximate surface area is 211 Å². The van der Waals surface area contributed by atoms with Crippen LogP contribution in [0.3, 0.4) is 0 Å². The number of esters is 1. The molecule has 8 rings (SSSR count). The van der Waals surface area contributed by atoms with Crippen molar-refractivity contribution in [3.8, 4) is 0 Å². The van der Waals surface area contributed by atoms with Crippen LogP contribution in [0.5, 0.6) is 0 Å². The van der Waals surface area contributed by atoms with Gasteiger partial charge >= 0.3 is 5.97 Å². The van der Waals surface area contributed by atoms with Crippen molar-refractivity contribution in [2.24, 2.45) is 0 Å². The minimum Gasteiger partial charge on any atom is -0.467 e. The number of ether oxygens (including phenoxy) is 3. The zero-order valence-electron chi connectivity index (χ0n) is 21.0. The zero-order chi connectivity index (χ0) is 25.4. The molecule has 5 aromatic rings. The summed E-state index contributed by atoms with van der Waals surface area (Å²) in [6, 6.07) is 16.2. The van der Waals surface area contributed by atoms with Gasteiger partial charge in [-0.2, -0.15) is 0 Å². The smallest absolute Gasteiger partial charge is 0.343 e. The number of methoxy groups -OCH3 is 2. The summed E-state index contributed by atoms with van der Waals surface area (Å²) in [5.74, 6) is -0.447. The van der Waals surface area contributed by atoms with Crippen molar-refractivity contribution in [1.82, 2.24) is 14.0 Å². The third kappa shape index (κ3) is 2.09. The molecule has 0 saturated carbocycles. The fourth-order valence-electron chi connectivity index (χ4n) is 7.44. The molecule has 0 spiro atoms. The van der Waals surface area contributed by atoms with Crippen LogP contribution in [-0.4, -0.2) is 52.8 Å². The molecule has 1 amide bonds. The second-order valence-corrected chi connectivity index (χ2v) is 10.5. The van der Waals surface area contributed by atoms with Crippen LogP contribution in [0.2, 0.25) is 0 Å². The molecule has 2 bridgehead atoms. The van der Waals surface area contributed by atoms with Crippen LogP contribution >= 0.6 is 0 Å². The predicted octanol–water partition coefficient (Wildman–Crippen LogP) is 4.65. The summed E-state index contributed by atoms with van der Waals surface area (Å²) in [5.41, 5.74) is 2.95. The SMILES string of the molecule is COC(=O)[C@@]1(OC)CC2O[C@]1(C)n1c3ccccc3c3c4c(c5c6ccccc6n2c5c31)C(=O)N(C)C4. The fourth-order valence-corrected chi connectivity index (χ4v) is 7.44. The number of aromatic nitrogens is 2. The van der Waals surface area contributed by atoms with Crippen molar-refractivity contribution in [2.75, 3.05) is 21.3 Å². The number of rotatable bonds is 2. The van der Waals surface area contributed by atoms with Gasteiger partial charge in [0.25, 0.3) is 5.91 Å². The molecule has 37 heavy (non-hydrogen) atoms. The summed E-state index contributed by atoms with van der Waals surface area (Å²) >= 11 is 0. The van der Waals surface area contributed by atoms with Gasteiger partial charge in [-0.05, 0) is 24.6 Å². The van der Waals surface area contributed by atoms with E-state index in [2.05, 4.69) is 27.3 Å². The highest BCUT2D eigenvalue weighted by Gasteiger charge is 2.67. The average Bonchev–Trinajstić information content (AvgIpc) is 3.58. The van der Waals surface area contributed by atoms with E-state index >= 15 is 0 Å².